The third-order valence-electron chi connectivity index (χ3n) is 1.79. The molecule has 0 amide bonds. The third kappa shape index (κ3) is 3.73. The van der Waals surface area contributed by atoms with Gasteiger partial charge in [-0.3, -0.25) is 9.79 Å². The standard InChI is InChI=1S/C9H15N3O.3H2/c1-2-8(13)4-3-5-10-9-11-6-7-12-9;;;/h2H,1,3-7H2,(H2,10,11,12);3*1H. The average molecular weight is 187 g/mol. The van der Waals surface area contributed by atoms with Gasteiger partial charge in [0.2, 0.25) is 0 Å². The molecule has 0 aliphatic carbocycles. The number of aliphatic imine (C=N–C) groups is 1. The number of allylic oxidation sites excluding steroid dienone is 1. The fourth-order valence-electron chi connectivity index (χ4n) is 1.09. The number of carbonyl (C=O) groups is 1. The molecule has 1 heterocycles. The van der Waals surface area contributed by atoms with Crippen molar-refractivity contribution in [2.45, 2.75) is 12.8 Å². The van der Waals surface area contributed by atoms with E-state index in [0.717, 1.165) is 32.0 Å². The quantitative estimate of drug-likeness (QED) is 0.494. The van der Waals surface area contributed by atoms with Crippen LogP contribution in [0.25, 0.3) is 0 Å². The van der Waals surface area contributed by atoms with E-state index < -0.39 is 0 Å². The molecule has 4 heteroatoms. The smallest absolute Gasteiger partial charge is 0.191 e. The molecule has 1 aliphatic heterocycles. The van der Waals surface area contributed by atoms with E-state index in [4.69, 9.17) is 0 Å². The van der Waals surface area contributed by atoms with Crippen LogP contribution in [0.5, 0.6) is 0 Å². The number of ketones is 1. The summed E-state index contributed by atoms with van der Waals surface area (Å²) in [5.41, 5.74) is 0. The predicted octanol–water partition coefficient (Wildman–Crippen LogP) is 0.808. The fourth-order valence-corrected chi connectivity index (χ4v) is 1.09. The summed E-state index contributed by atoms with van der Waals surface area (Å²) in [6, 6.07) is 0. The van der Waals surface area contributed by atoms with Gasteiger partial charge in [0, 0.05) is 23.8 Å². The Morgan fingerprint density at radius 1 is 1.85 bits per heavy atom. The van der Waals surface area contributed by atoms with Gasteiger partial charge in [0.15, 0.2) is 11.7 Å². The number of nitrogens with zero attached hydrogens (tertiary/aromatic N) is 1. The maximum absolute atomic E-state index is 10.8. The normalized spacial score (nSPS) is 14.6. The second-order valence-corrected chi connectivity index (χ2v) is 2.86. The van der Waals surface area contributed by atoms with Gasteiger partial charge < -0.3 is 10.6 Å². The van der Waals surface area contributed by atoms with Crippen LogP contribution in [0.3, 0.4) is 0 Å². The van der Waals surface area contributed by atoms with Crippen LogP contribution in [0.2, 0.25) is 0 Å². The largest absolute Gasteiger partial charge is 0.356 e. The summed E-state index contributed by atoms with van der Waals surface area (Å²) in [5.74, 6) is 0.953. The van der Waals surface area contributed by atoms with Crippen LogP contribution in [0, 0.1) is 0 Å². The van der Waals surface area contributed by atoms with Crippen LogP contribution in [0.4, 0.5) is 0 Å². The molecular formula is C9H21N3O. The van der Waals surface area contributed by atoms with Gasteiger partial charge in [-0.1, -0.05) is 6.58 Å². The minimum Gasteiger partial charge on any atom is -0.356 e. The van der Waals surface area contributed by atoms with E-state index in [1.54, 1.807) is 0 Å². The zero-order valence-electron chi connectivity index (χ0n) is 7.68. The Bertz CT molecular complexity index is 234. The minimum absolute atomic E-state index is 0. The highest BCUT2D eigenvalue weighted by Crippen LogP contribution is 1.90. The Kier molecular flexibility index (Phi) is 4.02. The van der Waals surface area contributed by atoms with E-state index in [1.165, 1.54) is 6.08 Å². The Morgan fingerprint density at radius 3 is 3.31 bits per heavy atom. The van der Waals surface area contributed by atoms with Gasteiger partial charge in [-0.05, 0) is 12.5 Å². The van der Waals surface area contributed by atoms with Gasteiger partial charge in [-0.15, -0.1) is 0 Å². The molecule has 0 spiro atoms. The van der Waals surface area contributed by atoms with Gasteiger partial charge in [0.25, 0.3) is 0 Å². The zero-order chi connectivity index (χ0) is 9.52. The van der Waals surface area contributed by atoms with Crippen molar-refractivity contribution in [3.63, 3.8) is 0 Å². The van der Waals surface area contributed by atoms with E-state index in [9.17, 15) is 4.79 Å². The highest BCUT2D eigenvalue weighted by molar-refractivity contribution is 5.89. The first kappa shape index (κ1) is 9.77. The summed E-state index contributed by atoms with van der Waals surface area (Å²) in [6.07, 6.45) is 2.75. The molecule has 0 saturated heterocycles. The van der Waals surface area contributed by atoms with Gasteiger partial charge in [-0.25, -0.2) is 0 Å². The Labute approximate surface area is 82.6 Å². The number of hydrogen-bond donors (Lipinski definition) is 2. The van der Waals surface area contributed by atoms with E-state index in [0.29, 0.717) is 6.42 Å². The molecule has 0 bridgehead atoms. The molecule has 0 atom stereocenters. The lowest BCUT2D eigenvalue weighted by Crippen LogP contribution is -2.34. The van der Waals surface area contributed by atoms with Crippen molar-refractivity contribution in [1.29, 1.82) is 0 Å². The van der Waals surface area contributed by atoms with Crippen LogP contribution < -0.4 is 10.6 Å². The molecule has 0 aromatic heterocycles. The minimum atomic E-state index is 0. The lowest BCUT2D eigenvalue weighted by Gasteiger charge is -2.04. The monoisotopic (exact) mass is 187 g/mol. The van der Waals surface area contributed by atoms with E-state index >= 15 is 0 Å². The fraction of sp³-hybridized carbons (Fsp3) is 0.556. The summed E-state index contributed by atoms with van der Waals surface area (Å²) >= 11 is 0. The molecule has 1 aliphatic rings. The Hall–Kier alpha value is -1.32. The van der Waals surface area contributed by atoms with Crippen molar-refractivity contribution in [2.24, 2.45) is 4.99 Å². The molecule has 0 unspecified atom stereocenters. The molecule has 78 valence electrons. The van der Waals surface area contributed by atoms with Crippen molar-refractivity contribution in [2.75, 3.05) is 19.6 Å². The SMILES string of the molecule is C=CC(=O)CCCNC1=NCCN1.[HH].[HH].[HH]. The summed E-state index contributed by atoms with van der Waals surface area (Å²) < 4.78 is 0. The summed E-state index contributed by atoms with van der Waals surface area (Å²) in [5, 5.41) is 6.21. The first-order valence-corrected chi connectivity index (χ1v) is 4.50. The Morgan fingerprint density at radius 2 is 2.69 bits per heavy atom. The predicted molar refractivity (Wildman–Crippen MR) is 59.1 cm³/mol. The second-order valence-electron chi connectivity index (χ2n) is 2.86. The zero-order valence-corrected chi connectivity index (χ0v) is 7.68. The maximum Gasteiger partial charge on any atom is 0.191 e. The number of nitrogens with one attached hydrogen (secondary N) is 2. The molecule has 2 N–H and O–H groups in total. The molecule has 0 saturated carbocycles. The molecule has 0 aromatic rings. The van der Waals surface area contributed by atoms with Crippen LogP contribution >= 0.6 is 0 Å². The lowest BCUT2D eigenvalue weighted by atomic mass is 10.2. The van der Waals surface area contributed by atoms with E-state index in [-0.39, 0.29) is 10.1 Å². The number of hydrogen-bond acceptors (Lipinski definition) is 4. The van der Waals surface area contributed by atoms with E-state index in [1.807, 2.05) is 0 Å². The van der Waals surface area contributed by atoms with Crippen LogP contribution in [-0.2, 0) is 4.79 Å². The first-order valence-electron chi connectivity index (χ1n) is 4.50. The van der Waals surface area contributed by atoms with Crippen molar-refractivity contribution in [3.8, 4) is 0 Å². The van der Waals surface area contributed by atoms with Gasteiger partial charge >= 0.3 is 0 Å². The molecule has 0 fully saturated rings. The molecular weight excluding hydrogens is 166 g/mol. The van der Waals surface area contributed by atoms with Crippen molar-refractivity contribution >= 4 is 11.7 Å². The lowest BCUT2D eigenvalue weighted by molar-refractivity contribution is -0.114. The summed E-state index contributed by atoms with van der Waals surface area (Å²) in [7, 11) is 0. The second kappa shape index (κ2) is 5.35. The molecule has 0 radical (unpaired) electrons. The van der Waals surface area contributed by atoms with Crippen LogP contribution in [0.1, 0.15) is 17.1 Å². The highest BCUT2D eigenvalue weighted by Gasteiger charge is 2.02. The summed E-state index contributed by atoms with van der Waals surface area (Å²) in [4.78, 5) is 15.0. The van der Waals surface area contributed by atoms with Crippen LogP contribution in [0.15, 0.2) is 17.6 Å². The molecule has 1 rings (SSSR count). The van der Waals surface area contributed by atoms with Crippen LogP contribution in [-0.4, -0.2) is 31.4 Å². The number of carbonyl (C=O) groups excluding carboxylic acids is 1. The van der Waals surface area contributed by atoms with Crippen molar-refractivity contribution < 1.29 is 9.07 Å². The highest BCUT2D eigenvalue weighted by atomic mass is 16.1. The Balaban J connectivity index is -0.000000563. The van der Waals surface area contributed by atoms with Crippen molar-refractivity contribution in [1.82, 2.24) is 10.6 Å². The topological polar surface area (TPSA) is 53.5 Å². The first-order chi connectivity index (χ1) is 6.33. The van der Waals surface area contributed by atoms with Crippen molar-refractivity contribution in [3.05, 3.63) is 12.7 Å². The maximum atomic E-state index is 10.8. The molecule has 0 aromatic carbocycles. The van der Waals surface area contributed by atoms with E-state index in [2.05, 4.69) is 22.2 Å². The number of rotatable bonds is 5. The number of guanidine groups is 1. The van der Waals surface area contributed by atoms with Gasteiger partial charge in [0.05, 0.1) is 6.54 Å². The third-order valence-corrected chi connectivity index (χ3v) is 1.79. The van der Waals surface area contributed by atoms with Gasteiger partial charge in [-0.2, -0.15) is 0 Å². The molecule has 13 heavy (non-hydrogen) atoms. The van der Waals surface area contributed by atoms with Gasteiger partial charge in [0.1, 0.15) is 0 Å². The average Bonchev–Trinajstić information content (AvgIpc) is 2.64. The summed E-state index contributed by atoms with van der Waals surface area (Å²) in [6.45, 7) is 5.95. The molecule has 4 nitrogen and oxygen atoms in total.